The minimum absolute atomic E-state index is 0.0121. The summed E-state index contributed by atoms with van der Waals surface area (Å²) in [4.78, 5) is 14.5. The van der Waals surface area contributed by atoms with Gasteiger partial charge in [0.25, 0.3) is 5.91 Å². The summed E-state index contributed by atoms with van der Waals surface area (Å²) in [7, 11) is 1.82. The summed E-state index contributed by atoms with van der Waals surface area (Å²) in [5.41, 5.74) is 5.36. The molecule has 1 N–H and O–H groups in total. The Balaban J connectivity index is 1.30. The second-order valence-electron chi connectivity index (χ2n) is 7.75. The van der Waals surface area contributed by atoms with E-state index in [-0.39, 0.29) is 5.91 Å². The highest BCUT2D eigenvalue weighted by Gasteiger charge is 2.15. The van der Waals surface area contributed by atoms with Crippen molar-refractivity contribution in [1.29, 1.82) is 0 Å². The van der Waals surface area contributed by atoms with Gasteiger partial charge in [0.15, 0.2) is 11.5 Å². The van der Waals surface area contributed by atoms with E-state index in [4.69, 9.17) is 9.47 Å². The van der Waals surface area contributed by atoms with E-state index in [9.17, 15) is 4.79 Å². The number of aromatic nitrogens is 2. The monoisotopic (exact) mass is 425 g/mol. The number of nitrogens with zero attached hydrogens (tertiary/aromatic N) is 2. The number of carbonyl (C=O) groups is 1. The molecule has 1 aliphatic heterocycles. The zero-order valence-corrected chi connectivity index (χ0v) is 17.7. The van der Waals surface area contributed by atoms with E-state index in [0.29, 0.717) is 25.3 Å². The van der Waals surface area contributed by atoms with Crippen LogP contribution in [0.3, 0.4) is 0 Å². The van der Waals surface area contributed by atoms with Crippen molar-refractivity contribution in [3.63, 3.8) is 0 Å². The van der Waals surface area contributed by atoms with E-state index < -0.39 is 0 Å². The largest absolute Gasteiger partial charge is 0.486 e. The van der Waals surface area contributed by atoms with Crippen LogP contribution in [0.25, 0.3) is 22.5 Å². The fourth-order valence-electron chi connectivity index (χ4n) is 3.76. The molecule has 2 heterocycles. The minimum Gasteiger partial charge on any atom is -0.486 e. The van der Waals surface area contributed by atoms with E-state index in [1.165, 1.54) is 0 Å². The smallest absolute Gasteiger partial charge is 0.253 e. The molecule has 0 saturated carbocycles. The van der Waals surface area contributed by atoms with Gasteiger partial charge < -0.3 is 14.4 Å². The van der Waals surface area contributed by atoms with Gasteiger partial charge in [-0.1, -0.05) is 42.5 Å². The summed E-state index contributed by atoms with van der Waals surface area (Å²) >= 11 is 0. The number of hydrogen-bond acceptors (Lipinski definition) is 4. The fourth-order valence-corrected chi connectivity index (χ4v) is 3.76. The summed E-state index contributed by atoms with van der Waals surface area (Å²) < 4.78 is 11.3. The van der Waals surface area contributed by atoms with Crippen molar-refractivity contribution in [3.8, 4) is 34.0 Å². The minimum atomic E-state index is -0.0121. The first-order valence-corrected chi connectivity index (χ1v) is 10.5. The maximum atomic E-state index is 12.8. The summed E-state index contributed by atoms with van der Waals surface area (Å²) in [5.74, 6) is 1.48. The van der Waals surface area contributed by atoms with Gasteiger partial charge in [-0.15, -0.1) is 0 Å². The van der Waals surface area contributed by atoms with Crippen LogP contribution in [0.2, 0.25) is 0 Å². The second-order valence-corrected chi connectivity index (χ2v) is 7.75. The zero-order chi connectivity index (χ0) is 21.9. The van der Waals surface area contributed by atoms with E-state index in [0.717, 1.165) is 39.6 Å². The molecule has 0 saturated heterocycles. The predicted octanol–water partition coefficient (Wildman–Crippen LogP) is 4.79. The number of fused-ring (bicyclic) bond motifs is 1. The third kappa shape index (κ3) is 4.07. The number of rotatable bonds is 5. The number of hydrogen-bond donors (Lipinski definition) is 1. The summed E-state index contributed by atoms with van der Waals surface area (Å²) in [6.45, 7) is 1.69. The molecule has 6 heteroatoms. The molecule has 32 heavy (non-hydrogen) atoms. The van der Waals surface area contributed by atoms with Crippen molar-refractivity contribution in [3.05, 3.63) is 90.0 Å². The van der Waals surface area contributed by atoms with Crippen LogP contribution in [-0.4, -0.2) is 41.3 Å². The lowest BCUT2D eigenvalue weighted by atomic mass is 10.1. The summed E-state index contributed by atoms with van der Waals surface area (Å²) in [6, 6.07) is 25.3. The van der Waals surface area contributed by atoms with Crippen LogP contribution < -0.4 is 9.47 Å². The first-order valence-electron chi connectivity index (χ1n) is 10.5. The molecular formula is C26H23N3O3. The first kappa shape index (κ1) is 19.9. The van der Waals surface area contributed by atoms with Gasteiger partial charge in [0.1, 0.15) is 13.2 Å². The molecular weight excluding hydrogens is 402 g/mol. The molecule has 0 fully saturated rings. The number of nitrogens with one attached hydrogen (secondary N) is 1. The highest BCUT2D eigenvalue weighted by molar-refractivity contribution is 5.94. The first-order chi connectivity index (χ1) is 15.7. The van der Waals surface area contributed by atoms with Crippen molar-refractivity contribution >= 4 is 5.91 Å². The van der Waals surface area contributed by atoms with E-state index >= 15 is 0 Å². The Bertz CT molecular complexity index is 1230. The van der Waals surface area contributed by atoms with Crippen LogP contribution >= 0.6 is 0 Å². The summed E-state index contributed by atoms with van der Waals surface area (Å²) in [6.07, 6.45) is 0. The molecule has 1 aromatic heterocycles. The number of H-pyrrole nitrogens is 1. The number of amides is 1. The van der Waals surface area contributed by atoms with Crippen LogP contribution in [0.4, 0.5) is 0 Å². The topological polar surface area (TPSA) is 67.5 Å². The lowest BCUT2D eigenvalue weighted by Crippen LogP contribution is -2.26. The number of benzene rings is 3. The Labute approximate surface area is 186 Å². The quantitative estimate of drug-likeness (QED) is 0.499. The Morgan fingerprint density at radius 2 is 1.62 bits per heavy atom. The van der Waals surface area contributed by atoms with Crippen LogP contribution in [0.15, 0.2) is 78.9 Å². The number of carbonyl (C=O) groups excluding carboxylic acids is 1. The van der Waals surface area contributed by atoms with E-state index in [1.54, 1.807) is 4.90 Å². The molecule has 4 aromatic rings. The second kappa shape index (κ2) is 8.59. The number of aromatic amines is 1. The average Bonchev–Trinajstić information content (AvgIpc) is 3.34. The molecule has 0 bridgehead atoms. The summed E-state index contributed by atoms with van der Waals surface area (Å²) in [5, 5.41) is 7.54. The SMILES string of the molecule is CN(Cc1ccccc1)C(=O)c1ccc(-c2cc(-c3ccc4c(c3)OCCO4)n[nH]2)cc1. The van der Waals surface area contributed by atoms with Crippen molar-refractivity contribution in [1.82, 2.24) is 15.1 Å². The molecule has 6 nitrogen and oxygen atoms in total. The van der Waals surface area contributed by atoms with Gasteiger partial charge in [-0.05, 0) is 47.5 Å². The van der Waals surface area contributed by atoms with Gasteiger partial charge in [-0.2, -0.15) is 5.10 Å². The Morgan fingerprint density at radius 3 is 2.41 bits per heavy atom. The molecule has 0 unspecified atom stereocenters. The Kier molecular flexibility index (Phi) is 5.34. The van der Waals surface area contributed by atoms with Crippen molar-refractivity contribution in [2.75, 3.05) is 20.3 Å². The van der Waals surface area contributed by atoms with Crippen molar-refractivity contribution in [2.24, 2.45) is 0 Å². The normalized spacial score (nSPS) is 12.4. The van der Waals surface area contributed by atoms with Crippen molar-refractivity contribution in [2.45, 2.75) is 6.54 Å². The molecule has 1 aliphatic rings. The highest BCUT2D eigenvalue weighted by atomic mass is 16.6. The van der Waals surface area contributed by atoms with E-state index in [2.05, 4.69) is 10.2 Å². The Hall–Kier alpha value is -4.06. The van der Waals surface area contributed by atoms with Gasteiger partial charge in [0.05, 0.1) is 11.4 Å². The number of ether oxygens (including phenoxy) is 2. The van der Waals surface area contributed by atoms with Crippen LogP contribution in [-0.2, 0) is 6.54 Å². The third-order valence-electron chi connectivity index (χ3n) is 5.47. The maximum Gasteiger partial charge on any atom is 0.253 e. The molecule has 0 radical (unpaired) electrons. The fraction of sp³-hybridized carbons (Fsp3) is 0.154. The van der Waals surface area contributed by atoms with Crippen molar-refractivity contribution < 1.29 is 14.3 Å². The lowest BCUT2D eigenvalue weighted by molar-refractivity contribution is 0.0785. The van der Waals surface area contributed by atoms with Gasteiger partial charge in [0, 0.05) is 24.7 Å². The standard InChI is InChI=1S/C26H23N3O3/c1-29(17-18-5-3-2-4-6-18)26(30)20-9-7-19(8-10-20)22-16-23(28-27-22)21-11-12-24-25(15-21)32-14-13-31-24/h2-12,15-16H,13-14,17H2,1H3,(H,27,28). The maximum absolute atomic E-state index is 12.8. The molecule has 0 aliphatic carbocycles. The Morgan fingerprint density at radius 1 is 0.906 bits per heavy atom. The van der Waals surface area contributed by atoms with Crippen LogP contribution in [0, 0.1) is 0 Å². The van der Waals surface area contributed by atoms with Gasteiger partial charge in [-0.3, -0.25) is 9.89 Å². The molecule has 1 amide bonds. The molecule has 160 valence electrons. The van der Waals surface area contributed by atoms with Crippen LogP contribution in [0.1, 0.15) is 15.9 Å². The zero-order valence-electron chi connectivity index (χ0n) is 17.7. The van der Waals surface area contributed by atoms with Gasteiger partial charge >= 0.3 is 0 Å². The van der Waals surface area contributed by atoms with E-state index in [1.807, 2.05) is 85.9 Å². The molecule has 5 rings (SSSR count). The third-order valence-corrected chi connectivity index (χ3v) is 5.47. The molecule has 3 aromatic carbocycles. The van der Waals surface area contributed by atoms with Crippen LogP contribution in [0.5, 0.6) is 11.5 Å². The van der Waals surface area contributed by atoms with Gasteiger partial charge in [0.2, 0.25) is 0 Å². The lowest BCUT2D eigenvalue weighted by Gasteiger charge is -2.18. The average molecular weight is 425 g/mol. The molecule has 0 spiro atoms. The molecule has 0 atom stereocenters. The highest BCUT2D eigenvalue weighted by Crippen LogP contribution is 2.34. The predicted molar refractivity (Wildman–Crippen MR) is 123 cm³/mol. The van der Waals surface area contributed by atoms with Gasteiger partial charge in [-0.25, -0.2) is 0 Å².